The van der Waals surface area contributed by atoms with E-state index in [1.807, 2.05) is 0 Å². The first-order chi connectivity index (χ1) is 8.38. The van der Waals surface area contributed by atoms with E-state index in [9.17, 15) is 0 Å². The Labute approximate surface area is 104 Å². The van der Waals surface area contributed by atoms with Gasteiger partial charge < -0.3 is 0 Å². The van der Waals surface area contributed by atoms with E-state index in [0.29, 0.717) is 6.04 Å². The molecule has 1 saturated carbocycles. The molecule has 0 saturated heterocycles. The third kappa shape index (κ3) is 2.12. The van der Waals surface area contributed by atoms with E-state index >= 15 is 0 Å². The summed E-state index contributed by atoms with van der Waals surface area (Å²) in [5, 5.41) is 0. The fourth-order valence-corrected chi connectivity index (χ4v) is 3.49. The van der Waals surface area contributed by atoms with Gasteiger partial charge >= 0.3 is 0 Å². The molecular weight excluding hydrogens is 208 g/mol. The zero-order valence-electron chi connectivity index (χ0n) is 10.4. The molecule has 3 N–H and O–H groups in total. The number of hydrogen-bond acceptors (Lipinski definition) is 2. The van der Waals surface area contributed by atoms with E-state index in [1.165, 1.54) is 38.5 Å². The molecule has 0 radical (unpaired) electrons. The molecule has 2 heteroatoms. The summed E-state index contributed by atoms with van der Waals surface area (Å²) >= 11 is 0. The molecule has 1 aromatic rings. The van der Waals surface area contributed by atoms with E-state index in [2.05, 4.69) is 29.7 Å². The number of fused-ring (bicyclic) bond motifs is 1. The summed E-state index contributed by atoms with van der Waals surface area (Å²) in [6.45, 7) is 0. The van der Waals surface area contributed by atoms with Crippen molar-refractivity contribution in [3.05, 3.63) is 35.4 Å². The Morgan fingerprint density at radius 1 is 1.06 bits per heavy atom. The highest BCUT2D eigenvalue weighted by atomic mass is 15.2. The molecule has 1 fully saturated rings. The third-order valence-electron chi connectivity index (χ3n) is 4.74. The summed E-state index contributed by atoms with van der Waals surface area (Å²) in [6, 6.07) is 9.42. The lowest BCUT2D eigenvalue weighted by atomic mass is 9.70. The van der Waals surface area contributed by atoms with Crippen molar-refractivity contribution in [3.63, 3.8) is 0 Å². The second-order valence-corrected chi connectivity index (χ2v) is 5.66. The molecule has 3 rings (SSSR count). The van der Waals surface area contributed by atoms with Gasteiger partial charge in [0.05, 0.1) is 0 Å². The number of nitrogens with one attached hydrogen (secondary N) is 1. The zero-order valence-corrected chi connectivity index (χ0v) is 10.4. The molecule has 0 aromatic heterocycles. The van der Waals surface area contributed by atoms with Crippen LogP contribution in [0.4, 0.5) is 0 Å². The summed E-state index contributed by atoms with van der Waals surface area (Å²) in [6.07, 6.45) is 7.86. The number of rotatable bonds is 3. The zero-order chi connectivity index (χ0) is 11.7. The van der Waals surface area contributed by atoms with Crippen LogP contribution in [0.1, 0.15) is 36.8 Å². The van der Waals surface area contributed by atoms with Crippen molar-refractivity contribution in [2.24, 2.45) is 17.7 Å². The lowest BCUT2D eigenvalue weighted by Crippen LogP contribution is -2.49. The van der Waals surface area contributed by atoms with Gasteiger partial charge in [-0.2, -0.15) is 0 Å². The predicted molar refractivity (Wildman–Crippen MR) is 70.4 cm³/mol. The van der Waals surface area contributed by atoms with Gasteiger partial charge in [0.2, 0.25) is 0 Å². The highest BCUT2D eigenvalue weighted by Crippen LogP contribution is 2.37. The maximum atomic E-state index is 5.78. The number of aryl methyl sites for hydroxylation is 1. The topological polar surface area (TPSA) is 38.0 Å². The van der Waals surface area contributed by atoms with E-state index < -0.39 is 0 Å². The van der Waals surface area contributed by atoms with Gasteiger partial charge in [0.15, 0.2) is 0 Å². The fraction of sp³-hybridized carbons (Fsp3) is 0.600. The van der Waals surface area contributed by atoms with Crippen LogP contribution < -0.4 is 11.3 Å². The van der Waals surface area contributed by atoms with Gasteiger partial charge in [-0.1, -0.05) is 30.7 Å². The minimum Gasteiger partial charge on any atom is -0.271 e. The highest BCUT2D eigenvalue weighted by Gasteiger charge is 2.34. The van der Waals surface area contributed by atoms with Crippen LogP contribution in [0.3, 0.4) is 0 Å². The molecule has 2 atom stereocenters. The van der Waals surface area contributed by atoms with Gasteiger partial charge in [-0.3, -0.25) is 11.3 Å². The van der Waals surface area contributed by atoms with Gasteiger partial charge in [-0.25, -0.2) is 0 Å². The van der Waals surface area contributed by atoms with Gasteiger partial charge in [-0.05, 0) is 55.1 Å². The van der Waals surface area contributed by atoms with Crippen LogP contribution in [0, 0.1) is 11.8 Å². The molecule has 0 heterocycles. The van der Waals surface area contributed by atoms with E-state index in [-0.39, 0.29) is 0 Å². The minimum atomic E-state index is 0.539. The van der Waals surface area contributed by atoms with Crippen LogP contribution in [0.2, 0.25) is 0 Å². The minimum absolute atomic E-state index is 0.539. The molecule has 2 aliphatic rings. The third-order valence-corrected chi connectivity index (χ3v) is 4.74. The molecule has 2 aliphatic carbocycles. The lowest BCUT2D eigenvalue weighted by Gasteiger charge is -2.40. The summed E-state index contributed by atoms with van der Waals surface area (Å²) in [7, 11) is 0. The largest absolute Gasteiger partial charge is 0.271 e. The maximum Gasteiger partial charge on any atom is 0.0270 e. The Morgan fingerprint density at radius 3 is 2.47 bits per heavy atom. The van der Waals surface area contributed by atoms with Crippen LogP contribution in [0.25, 0.3) is 0 Å². The fourth-order valence-electron chi connectivity index (χ4n) is 3.49. The molecule has 1 aromatic carbocycles. The second-order valence-electron chi connectivity index (χ2n) is 5.66. The number of hydrazine groups is 1. The van der Waals surface area contributed by atoms with Gasteiger partial charge in [-0.15, -0.1) is 0 Å². The summed E-state index contributed by atoms with van der Waals surface area (Å²) in [5.41, 5.74) is 6.20. The Kier molecular flexibility index (Phi) is 3.17. The average molecular weight is 230 g/mol. The van der Waals surface area contributed by atoms with Gasteiger partial charge in [0, 0.05) is 6.04 Å². The van der Waals surface area contributed by atoms with Crippen LogP contribution >= 0.6 is 0 Å². The molecular formula is C15H22N2. The summed E-state index contributed by atoms with van der Waals surface area (Å²) in [5.74, 6) is 7.35. The Balaban J connectivity index is 1.73. The van der Waals surface area contributed by atoms with Crippen LogP contribution in [-0.2, 0) is 12.8 Å². The van der Waals surface area contributed by atoms with Crippen molar-refractivity contribution in [3.8, 4) is 0 Å². The van der Waals surface area contributed by atoms with Crippen molar-refractivity contribution in [2.45, 2.75) is 44.6 Å². The van der Waals surface area contributed by atoms with Crippen LogP contribution in [0.5, 0.6) is 0 Å². The lowest BCUT2D eigenvalue weighted by molar-refractivity contribution is 0.163. The van der Waals surface area contributed by atoms with Crippen molar-refractivity contribution in [1.82, 2.24) is 5.43 Å². The second kappa shape index (κ2) is 4.79. The summed E-state index contributed by atoms with van der Waals surface area (Å²) < 4.78 is 0. The smallest absolute Gasteiger partial charge is 0.0270 e. The van der Waals surface area contributed by atoms with Crippen LogP contribution in [0.15, 0.2) is 24.3 Å². The molecule has 17 heavy (non-hydrogen) atoms. The standard InChI is InChI=1S/C15H22N2/c16-17-15(12-6-3-7-12)14-9-8-11-4-1-2-5-13(11)10-14/h1-2,4-5,12,14-15,17H,3,6-10,16H2. The number of hydrogen-bond donors (Lipinski definition) is 2. The molecule has 0 amide bonds. The first-order valence-electron chi connectivity index (χ1n) is 6.91. The predicted octanol–water partition coefficient (Wildman–Crippen LogP) is 2.42. The van der Waals surface area contributed by atoms with Gasteiger partial charge in [0.1, 0.15) is 0 Å². The highest BCUT2D eigenvalue weighted by molar-refractivity contribution is 5.30. The van der Waals surface area contributed by atoms with E-state index in [4.69, 9.17) is 5.84 Å². The molecule has 92 valence electrons. The van der Waals surface area contributed by atoms with Crippen molar-refractivity contribution in [1.29, 1.82) is 0 Å². The Bertz CT molecular complexity index is 384. The maximum absolute atomic E-state index is 5.78. The Hall–Kier alpha value is -0.860. The van der Waals surface area contributed by atoms with E-state index in [0.717, 1.165) is 11.8 Å². The molecule has 2 nitrogen and oxygen atoms in total. The molecule has 0 bridgehead atoms. The summed E-state index contributed by atoms with van der Waals surface area (Å²) in [4.78, 5) is 0. The van der Waals surface area contributed by atoms with Crippen molar-refractivity contribution < 1.29 is 0 Å². The Morgan fingerprint density at radius 2 is 1.82 bits per heavy atom. The van der Waals surface area contributed by atoms with Crippen molar-refractivity contribution >= 4 is 0 Å². The normalized spacial score (nSPS) is 26.1. The molecule has 2 unspecified atom stereocenters. The molecule has 0 aliphatic heterocycles. The van der Waals surface area contributed by atoms with Crippen molar-refractivity contribution in [2.75, 3.05) is 0 Å². The number of benzene rings is 1. The molecule has 0 spiro atoms. The monoisotopic (exact) mass is 230 g/mol. The van der Waals surface area contributed by atoms with Crippen LogP contribution in [-0.4, -0.2) is 6.04 Å². The average Bonchev–Trinajstić information content (AvgIpc) is 2.33. The van der Waals surface area contributed by atoms with Gasteiger partial charge in [0.25, 0.3) is 0 Å². The quantitative estimate of drug-likeness (QED) is 0.618. The van der Waals surface area contributed by atoms with E-state index in [1.54, 1.807) is 11.1 Å². The first kappa shape index (κ1) is 11.2. The SMILES string of the molecule is NNC(C1CCC1)C1CCc2ccccc2C1. The first-order valence-corrected chi connectivity index (χ1v) is 6.91. The number of nitrogens with two attached hydrogens (primary N) is 1.